The lowest BCUT2D eigenvalue weighted by atomic mass is 10.1. The van der Waals surface area contributed by atoms with E-state index in [4.69, 9.17) is 19.7 Å². The number of carboxylic acid groups (broad SMARTS) is 2. The van der Waals surface area contributed by atoms with E-state index in [0.29, 0.717) is 18.1 Å². The summed E-state index contributed by atoms with van der Waals surface area (Å²) in [5.74, 6) is -1.34. The average molecular weight is 302 g/mol. The van der Waals surface area contributed by atoms with E-state index in [0.717, 1.165) is 0 Å². The van der Waals surface area contributed by atoms with Crippen LogP contribution in [-0.4, -0.2) is 28.8 Å². The van der Waals surface area contributed by atoms with Crippen LogP contribution in [0.25, 0.3) is 0 Å². The Morgan fingerprint density at radius 3 is 2.14 bits per heavy atom. The van der Waals surface area contributed by atoms with Crippen LogP contribution in [0.15, 0.2) is 42.5 Å². The van der Waals surface area contributed by atoms with Crippen LogP contribution in [0.3, 0.4) is 0 Å². The van der Waals surface area contributed by atoms with Crippen molar-refractivity contribution in [3.63, 3.8) is 0 Å². The highest BCUT2D eigenvalue weighted by atomic mass is 16.5. The zero-order valence-corrected chi connectivity index (χ0v) is 11.8. The van der Waals surface area contributed by atoms with Gasteiger partial charge in [-0.2, -0.15) is 0 Å². The Morgan fingerprint density at radius 1 is 0.955 bits per heavy atom. The van der Waals surface area contributed by atoms with Crippen LogP contribution in [0.1, 0.15) is 27.6 Å². The highest BCUT2D eigenvalue weighted by molar-refractivity contribution is 5.94. The summed E-state index contributed by atoms with van der Waals surface area (Å²) in [5, 5.41) is 18.1. The van der Waals surface area contributed by atoms with Crippen molar-refractivity contribution in [1.82, 2.24) is 0 Å². The Hall–Kier alpha value is -3.02. The molecule has 6 nitrogen and oxygen atoms in total. The molecule has 2 rings (SSSR count). The number of ether oxygens (including phenoxy) is 2. The lowest BCUT2D eigenvalue weighted by Gasteiger charge is -2.10. The minimum Gasteiger partial charge on any atom is -0.494 e. The van der Waals surface area contributed by atoms with Crippen LogP contribution in [-0.2, 0) is 0 Å². The van der Waals surface area contributed by atoms with Crippen molar-refractivity contribution in [1.29, 1.82) is 0 Å². The summed E-state index contributed by atoms with van der Waals surface area (Å²) in [6, 6.07) is 10.2. The summed E-state index contributed by atoms with van der Waals surface area (Å²) in [6.45, 7) is 2.39. The zero-order valence-electron chi connectivity index (χ0n) is 11.8. The largest absolute Gasteiger partial charge is 0.494 e. The maximum atomic E-state index is 11.2. The van der Waals surface area contributed by atoms with Gasteiger partial charge >= 0.3 is 11.9 Å². The first kappa shape index (κ1) is 15.4. The van der Waals surface area contributed by atoms with Gasteiger partial charge in [-0.15, -0.1) is 0 Å². The zero-order chi connectivity index (χ0) is 16.1. The Kier molecular flexibility index (Phi) is 4.63. The highest BCUT2D eigenvalue weighted by Crippen LogP contribution is 2.28. The maximum absolute atomic E-state index is 11.2. The SMILES string of the molecule is CCOc1ccc(Oc2cc(C(=O)O)ccc2C(=O)O)cc1. The number of aromatic carboxylic acids is 2. The standard InChI is InChI=1S/C16H14O6/c1-2-21-11-4-6-12(7-5-11)22-14-9-10(15(17)18)3-8-13(14)16(19)20/h3-9H,2H2,1H3,(H,17,18)(H,19,20). The fourth-order valence-corrected chi connectivity index (χ4v) is 1.81. The molecule has 0 amide bonds. The molecular formula is C16H14O6. The molecule has 0 aromatic heterocycles. The molecule has 0 aliphatic rings. The molecule has 0 heterocycles. The van der Waals surface area contributed by atoms with E-state index in [1.54, 1.807) is 24.3 Å². The summed E-state index contributed by atoms with van der Waals surface area (Å²) in [6.07, 6.45) is 0. The van der Waals surface area contributed by atoms with Crippen molar-refractivity contribution >= 4 is 11.9 Å². The van der Waals surface area contributed by atoms with Crippen molar-refractivity contribution in [2.24, 2.45) is 0 Å². The second kappa shape index (κ2) is 6.62. The number of benzene rings is 2. The van der Waals surface area contributed by atoms with E-state index in [1.807, 2.05) is 6.92 Å². The van der Waals surface area contributed by atoms with Crippen molar-refractivity contribution in [2.75, 3.05) is 6.61 Å². The number of hydrogen-bond donors (Lipinski definition) is 2. The molecule has 0 aliphatic carbocycles. The molecule has 0 radical (unpaired) electrons. The van der Waals surface area contributed by atoms with Crippen molar-refractivity contribution in [3.8, 4) is 17.2 Å². The van der Waals surface area contributed by atoms with Crippen LogP contribution >= 0.6 is 0 Å². The number of carboxylic acids is 2. The van der Waals surface area contributed by atoms with E-state index >= 15 is 0 Å². The molecule has 2 N–H and O–H groups in total. The number of hydrogen-bond acceptors (Lipinski definition) is 4. The van der Waals surface area contributed by atoms with Crippen LogP contribution in [0.4, 0.5) is 0 Å². The topological polar surface area (TPSA) is 93.1 Å². The molecule has 0 saturated heterocycles. The molecule has 0 unspecified atom stereocenters. The second-order valence-electron chi connectivity index (χ2n) is 4.33. The lowest BCUT2D eigenvalue weighted by Crippen LogP contribution is -2.03. The first-order chi connectivity index (χ1) is 10.5. The minimum atomic E-state index is -1.20. The Labute approximate surface area is 126 Å². The van der Waals surface area contributed by atoms with E-state index in [-0.39, 0.29) is 16.9 Å². The predicted molar refractivity (Wildman–Crippen MR) is 78.0 cm³/mol. The molecule has 0 bridgehead atoms. The lowest BCUT2D eigenvalue weighted by molar-refractivity contribution is 0.0678. The molecule has 0 atom stereocenters. The van der Waals surface area contributed by atoms with Gasteiger partial charge in [-0.3, -0.25) is 0 Å². The van der Waals surface area contributed by atoms with E-state index in [1.165, 1.54) is 18.2 Å². The molecule has 0 spiro atoms. The Balaban J connectivity index is 2.32. The van der Waals surface area contributed by atoms with Crippen LogP contribution in [0.5, 0.6) is 17.2 Å². The van der Waals surface area contributed by atoms with Crippen molar-refractivity contribution in [3.05, 3.63) is 53.6 Å². The van der Waals surface area contributed by atoms with Gasteiger partial charge in [-0.1, -0.05) is 0 Å². The Bertz CT molecular complexity index is 690. The van der Waals surface area contributed by atoms with Gasteiger partial charge in [-0.05, 0) is 49.4 Å². The molecule has 22 heavy (non-hydrogen) atoms. The van der Waals surface area contributed by atoms with E-state index in [2.05, 4.69) is 0 Å². The fraction of sp³-hybridized carbons (Fsp3) is 0.125. The van der Waals surface area contributed by atoms with E-state index in [9.17, 15) is 9.59 Å². The molecule has 0 fully saturated rings. The second-order valence-corrected chi connectivity index (χ2v) is 4.33. The predicted octanol–water partition coefficient (Wildman–Crippen LogP) is 3.27. The van der Waals surface area contributed by atoms with Gasteiger partial charge in [0, 0.05) is 0 Å². The summed E-state index contributed by atoms with van der Waals surface area (Å²) in [4.78, 5) is 22.2. The maximum Gasteiger partial charge on any atom is 0.339 e. The number of rotatable bonds is 6. The molecular weight excluding hydrogens is 288 g/mol. The average Bonchev–Trinajstić information content (AvgIpc) is 2.49. The summed E-state index contributed by atoms with van der Waals surface area (Å²) in [7, 11) is 0. The van der Waals surface area contributed by atoms with Crippen LogP contribution < -0.4 is 9.47 Å². The van der Waals surface area contributed by atoms with Crippen molar-refractivity contribution < 1.29 is 29.3 Å². The first-order valence-electron chi connectivity index (χ1n) is 6.52. The van der Waals surface area contributed by atoms with Crippen LogP contribution in [0, 0.1) is 0 Å². The smallest absolute Gasteiger partial charge is 0.339 e. The fourth-order valence-electron chi connectivity index (χ4n) is 1.81. The summed E-state index contributed by atoms with van der Waals surface area (Å²) < 4.78 is 10.8. The van der Waals surface area contributed by atoms with Crippen molar-refractivity contribution in [2.45, 2.75) is 6.92 Å². The molecule has 2 aromatic rings. The van der Waals surface area contributed by atoms with Gasteiger partial charge < -0.3 is 19.7 Å². The van der Waals surface area contributed by atoms with Gasteiger partial charge in [0.1, 0.15) is 22.8 Å². The molecule has 0 aliphatic heterocycles. The third-order valence-electron chi connectivity index (χ3n) is 2.82. The van der Waals surface area contributed by atoms with Gasteiger partial charge in [0.05, 0.1) is 12.2 Å². The highest BCUT2D eigenvalue weighted by Gasteiger charge is 2.15. The monoisotopic (exact) mass is 302 g/mol. The quantitative estimate of drug-likeness (QED) is 0.850. The van der Waals surface area contributed by atoms with Gasteiger partial charge in [0.25, 0.3) is 0 Å². The summed E-state index contributed by atoms with van der Waals surface area (Å²) in [5.41, 5.74) is -0.162. The van der Waals surface area contributed by atoms with Crippen LogP contribution in [0.2, 0.25) is 0 Å². The third-order valence-corrected chi connectivity index (χ3v) is 2.82. The number of carbonyl (C=O) groups is 2. The third kappa shape index (κ3) is 3.54. The minimum absolute atomic E-state index is 0.0310. The van der Waals surface area contributed by atoms with E-state index < -0.39 is 11.9 Å². The van der Waals surface area contributed by atoms with Gasteiger partial charge in [0.15, 0.2) is 0 Å². The molecule has 114 valence electrons. The molecule has 6 heteroatoms. The normalized spacial score (nSPS) is 10.0. The molecule has 0 saturated carbocycles. The Morgan fingerprint density at radius 2 is 1.59 bits per heavy atom. The molecule has 2 aromatic carbocycles. The first-order valence-corrected chi connectivity index (χ1v) is 6.52. The van der Waals surface area contributed by atoms with Gasteiger partial charge in [0.2, 0.25) is 0 Å². The summed E-state index contributed by atoms with van der Waals surface area (Å²) >= 11 is 0. The van der Waals surface area contributed by atoms with Gasteiger partial charge in [-0.25, -0.2) is 9.59 Å².